The summed E-state index contributed by atoms with van der Waals surface area (Å²) in [4.78, 5) is 11.3. The average Bonchev–Trinajstić information content (AvgIpc) is 2.42. The van der Waals surface area contributed by atoms with Gasteiger partial charge in [-0.25, -0.2) is 13.2 Å². The number of rotatable bonds is 6. The van der Waals surface area contributed by atoms with Crippen molar-refractivity contribution in [1.82, 2.24) is 5.32 Å². The number of carbonyl (C=O) groups is 1. The molecule has 0 saturated carbocycles. The third-order valence-electron chi connectivity index (χ3n) is 2.90. The summed E-state index contributed by atoms with van der Waals surface area (Å²) in [6.45, 7) is 1.90. The second kappa shape index (κ2) is 6.83. The molecular weight excluding hydrogens is 282 g/mol. The molecule has 0 bridgehead atoms. The largest absolute Gasteiger partial charge is 0.467 e. The van der Waals surface area contributed by atoms with Crippen LogP contribution in [0.3, 0.4) is 0 Å². The minimum atomic E-state index is -3.21. The van der Waals surface area contributed by atoms with E-state index in [2.05, 4.69) is 10.1 Å². The quantitative estimate of drug-likeness (QED) is 0.733. The molecule has 0 heterocycles. The zero-order chi connectivity index (χ0) is 15.3. The van der Waals surface area contributed by atoms with E-state index >= 15 is 0 Å². The van der Waals surface area contributed by atoms with Gasteiger partial charge in [-0.3, -0.25) is 0 Å². The highest BCUT2D eigenvalue weighted by Gasteiger charge is 2.16. The van der Waals surface area contributed by atoms with Crippen molar-refractivity contribution in [2.75, 3.05) is 19.9 Å². The van der Waals surface area contributed by atoms with Crippen LogP contribution in [0, 0.1) is 0 Å². The molecule has 0 aliphatic heterocycles. The number of ether oxygens (including phenoxy) is 1. The predicted octanol–water partition coefficient (Wildman–Crippen LogP) is 0.275. The van der Waals surface area contributed by atoms with Crippen LogP contribution in [0.4, 0.5) is 0 Å². The van der Waals surface area contributed by atoms with Gasteiger partial charge in [0.05, 0.1) is 12.0 Å². The van der Waals surface area contributed by atoms with Gasteiger partial charge in [0.15, 0.2) is 15.9 Å². The zero-order valence-electron chi connectivity index (χ0n) is 11.7. The summed E-state index contributed by atoms with van der Waals surface area (Å²) in [6.07, 6.45) is -0.0751. The van der Waals surface area contributed by atoms with E-state index in [1.807, 2.05) is 6.92 Å². The Hall–Kier alpha value is -1.44. The van der Waals surface area contributed by atoms with E-state index in [1.54, 1.807) is 12.1 Å². The highest BCUT2D eigenvalue weighted by atomic mass is 32.2. The Bertz CT molecular complexity index is 553. The molecule has 0 spiro atoms. The van der Waals surface area contributed by atoms with Gasteiger partial charge in [0.1, 0.15) is 0 Å². The van der Waals surface area contributed by atoms with Crippen LogP contribution in [0.2, 0.25) is 0 Å². The summed E-state index contributed by atoms with van der Waals surface area (Å²) >= 11 is 0. The maximum absolute atomic E-state index is 11.3. The van der Waals surface area contributed by atoms with E-state index < -0.39 is 21.9 Å². The third-order valence-corrected chi connectivity index (χ3v) is 4.03. The lowest BCUT2D eigenvalue weighted by atomic mass is 10.1. The van der Waals surface area contributed by atoms with Crippen LogP contribution in [0.5, 0.6) is 0 Å². The zero-order valence-corrected chi connectivity index (χ0v) is 12.5. The Labute approximate surface area is 118 Å². The first-order valence-corrected chi connectivity index (χ1v) is 7.94. The number of hydrogen-bond acceptors (Lipinski definition) is 6. The van der Waals surface area contributed by atoms with E-state index in [-0.39, 0.29) is 17.5 Å². The topological polar surface area (TPSA) is 92.7 Å². The molecule has 0 saturated heterocycles. The summed E-state index contributed by atoms with van der Waals surface area (Å²) in [5.74, 6) is -0.697. The van der Waals surface area contributed by atoms with E-state index in [4.69, 9.17) is 0 Å². The molecular formula is C13H19NO5S. The number of sulfone groups is 1. The maximum atomic E-state index is 11.3. The smallest absolute Gasteiger partial charge is 0.336 e. The number of esters is 1. The van der Waals surface area contributed by atoms with Gasteiger partial charge >= 0.3 is 5.97 Å². The number of carbonyl (C=O) groups excluding carboxylic acids is 1. The number of nitrogens with one attached hydrogen (secondary N) is 1. The molecule has 0 fully saturated rings. The minimum Gasteiger partial charge on any atom is -0.467 e. The van der Waals surface area contributed by atoms with Gasteiger partial charge < -0.3 is 15.2 Å². The van der Waals surface area contributed by atoms with Gasteiger partial charge in [-0.1, -0.05) is 12.1 Å². The fraction of sp³-hybridized carbons (Fsp3) is 0.462. The Morgan fingerprint density at radius 2 is 1.90 bits per heavy atom. The third kappa shape index (κ3) is 4.59. The molecule has 0 radical (unpaired) electrons. The van der Waals surface area contributed by atoms with E-state index in [1.165, 1.54) is 19.2 Å². The van der Waals surface area contributed by atoms with Crippen LogP contribution in [0.1, 0.15) is 18.5 Å². The van der Waals surface area contributed by atoms with Crippen molar-refractivity contribution in [3.05, 3.63) is 29.8 Å². The van der Waals surface area contributed by atoms with Crippen molar-refractivity contribution < 1.29 is 23.1 Å². The second-order valence-corrected chi connectivity index (χ2v) is 6.53. The molecule has 20 heavy (non-hydrogen) atoms. The summed E-state index contributed by atoms with van der Waals surface area (Å²) in [6, 6.07) is 6.30. The molecule has 1 aromatic carbocycles. The molecule has 0 aromatic heterocycles. The second-order valence-electron chi connectivity index (χ2n) is 4.51. The summed E-state index contributed by atoms with van der Waals surface area (Å²) in [7, 11) is -2.00. The molecule has 0 aliphatic rings. The lowest BCUT2D eigenvalue weighted by Gasteiger charge is -2.16. The standard InChI is InChI=1S/C13H19NO5S/c1-9(14-8-12(15)13(16)19-2)10-4-6-11(7-5-10)20(3,17)18/h4-7,9,12,14-15H,8H2,1-3H3/t9-,12+/m0/s1. The number of aliphatic hydroxyl groups is 1. The van der Waals surface area contributed by atoms with Crippen molar-refractivity contribution in [2.45, 2.75) is 24.0 Å². The van der Waals surface area contributed by atoms with Crippen LogP contribution in [0.15, 0.2) is 29.2 Å². The number of hydrogen-bond donors (Lipinski definition) is 2. The van der Waals surface area contributed by atoms with Crippen molar-refractivity contribution in [3.8, 4) is 0 Å². The Balaban J connectivity index is 2.65. The van der Waals surface area contributed by atoms with Crippen LogP contribution >= 0.6 is 0 Å². The molecule has 6 nitrogen and oxygen atoms in total. The van der Waals surface area contributed by atoms with E-state index in [9.17, 15) is 18.3 Å². The average molecular weight is 301 g/mol. The highest BCUT2D eigenvalue weighted by molar-refractivity contribution is 7.90. The number of aliphatic hydroxyl groups excluding tert-OH is 1. The van der Waals surface area contributed by atoms with Crippen molar-refractivity contribution >= 4 is 15.8 Å². The van der Waals surface area contributed by atoms with Gasteiger partial charge in [-0.05, 0) is 24.6 Å². The van der Waals surface area contributed by atoms with Crippen LogP contribution in [-0.2, 0) is 19.4 Å². The lowest BCUT2D eigenvalue weighted by Crippen LogP contribution is -2.35. The Morgan fingerprint density at radius 3 is 2.35 bits per heavy atom. The van der Waals surface area contributed by atoms with Crippen LogP contribution in [0.25, 0.3) is 0 Å². The van der Waals surface area contributed by atoms with Crippen molar-refractivity contribution in [3.63, 3.8) is 0 Å². The highest BCUT2D eigenvalue weighted by Crippen LogP contribution is 2.16. The predicted molar refractivity (Wildman–Crippen MR) is 74.0 cm³/mol. The monoisotopic (exact) mass is 301 g/mol. The Kier molecular flexibility index (Phi) is 5.67. The molecule has 1 rings (SSSR count). The normalized spacial score (nSPS) is 14.6. The Morgan fingerprint density at radius 1 is 1.35 bits per heavy atom. The van der Waals surface area contributed by atoms with Crippen molar-refractivity contribution in [2.24, 2.45) is 0 Å². The molecule has 2 N–H and O–H groups in total. The first-order chi connectivity index (χ1) is 9.25. The first-order valence-electron chi connectivity index (χ1n) is 6.05. The minimum absolute atomic E-state index is 0.0572. The SMILES string of the molecule is COC(=O)[C@H](O)CN[C@@H](C)c1ccc(S(C)(=O)=O)cc1. The summed E-state index contributed by atoms with van der Waals surface area (Å²) in [5.41, 5.74) is 0.856. The molecule has 1 aromatic rings. The number of methoxy groups -OCH3 is 1. The fourth-order valence-corrected chi connectivity index (χ4v) is 2.26. The molecule has 7 heteroatoms. The van der Waals surface area contributed by atoms with Gasteiger partial charge in [0.2, 0.25) is 0 Å². The molecule has 0 aliphatic carbocycles. The molecule has 2 atom stereocenters. The fourth-order valence-electron chi connectivity index (χ4n) is 1.63. The van der Waals surface area contributed by atoms with E-state index in [0.29, 0.717) is 0 Å². The van der Waals surface area contributed by atoms with Crippen molar-refractivity contribution in [1.29, 1.82) is 0 Å². The van der Waals surface area contributed by atoms with Gasteiger partial charge in [0.25, 0.3) is 0 Å². The molecule has 112 valence electrons. The summed E-state index contributed by atoms with van der Waals surface area (Å²) in [5, 5.41) is 12.4. The first kappa shape index (κ1) is 16.6. The lowest BCUT2D eigenvalue weighted by molar-refractivity contribution is -0.150. The van der Waals surface area contributed by atoms with Crippen LogP contribution in [-0.4, -0.2) is 45.5 Å². The van der Waals surface area contributed by atoms with E-state index in [0.717, 1.165) is 11.8 Å². The van der Waals surface area contributed by atoms with Crippen LogP contribution < -0.4 is 5.32 Å². The number of benzene rings is 1. The van der Waals surface area contributed by atoms with Gasteiger partial charge in [-0.2, -0.15) is 0 Å². The van der Waals surface area contributed by atoms with Gasteiger partial charge in [-0.15, -0.1) is 0 Å². The molecule has 0 unspecified atom stereocenters. The maximum Gasteiger partial charge on any atom is 0.336 e. The molecule has 0 amide bonds. The van der Waals surface area contributed by atoms with Gasteiger partial charge in [0, 0.05) is 18.8 Å². The summed E-state index contributed by atoms with van der Waals surface area (Å²) < 4.78 is 27.1.